The van der Waals surface area contributed by atoms with Crippen LogP contribution in [0.15, 0.2) is 45.3 Å². The predicted octanol–water partition coefficient (Wildman–Crippen LogP) is 2.37. The molecule has 7 rings (SSSR count). The number of hydrogen-bond donors (Lipinski definition) is 2. The summed E-state index contributed by atoms with van der Waals surface area (Å²) in [6.07, 6.45) is -1.65. The topological polar surface area (TPSA) is 145 Å². The van der Waals surface area contributed by atoms with E-state index in [0.717, 1.165) is 6.08 Å². The van der Waals surface area contributed by atoms with Crippen molar-refractivity contribution in [2.45, 2.75) is 31.0 Å². The lowest BCUT2D eigenvalue weighted by atomic mass is 9.88. The Morgan fingerprint density at radius 2 is 1.83 bits per heavy atom. The second-order valence-corrected chi connectivity index (χ2v) is 8.90. The first-order valence-corrected chi connectivity index (χ1v) is 10.8. The summed E-state index contributed by atoms with van der Waals surface area (Å²) in [4.78, 5) is 37.7. The molecule has 1 aliphatic carbocycles. The molecule has 1 aromatic heterocycles. The van der Waals surface area contributed by atoms with Crippen LogP contribution in [0.25, 0.3) is 10.8 Å². The zero-order valence-corrected chi connectivity index (χ0v) is 18.3. The van der Waals surface area contributed by atoms with E-state index in [1.54, 1.807) is 19.1 Å². The standard InChI is InChI=1S/C25H16O10/c1-8-3-9-4-13-20(19(28)17(9)24(30)32-8)35-25(23-21(13)33-23)22(29)12-5-10-11(6-15(12)34-25)18(27)16(31-2)7-14(10)26/h3-7,21-23,28-29H,1-2H3. The smallest absolute Gasteiger partial charge is 0.347 e. The number of aliphatic hydroxyl groups excluding tert-OH is 1. The Morgan fingerprint density at radius 3 is 2.60 bits per heavy atom. The highest BCUT2D eigenvalue weighted by molar-refractivity contribution is 6.24. The summed E-state index contributed by atoms with van der Waals surface area (Å²) in [6, 6.07) is 6.05. The molecule has 0 radical (unpaired) electrons. The molecule has 1 fully saturated rings. The molecule has 1 saturated heterocycles. The third-order valence-electron chi connectivity index (χ3n) is 6.90. The van der Waals surface area contributed by atoms with Crippen LogP contribution in [-0.2, 0) is 9.47 Å². The number of ketones is 2. The molecule has 4 atom stereocenters. The number of aliphatic hydroxyl groups is 1. The fraction of sp³-hybridized carbons (Fsp3) is 0.240. The van der Waals surface area contributed by atoms with E-state index in [-0.39, 0.29) is 39.3 Å². The van der Waals surface area contributed by atoms with Crippen LogP contribution in [0.3, 0.4) is 0 Å². The van der Waals surface area contributed by atoms with E-state index in [1.165, 1.54) is 19.2 Å². The number of phenolic OH excluding ortho intramolecular Hbond substituents is 1. The summed E-state index contributed by atoms with van der Waals surface area (Å²) in [5.74, 6) is -2.86. The van der Waals surface area contributed by atoms with Gasteiger partial charge in [0, 0.05) is 28.3 Å². The number of Topliss-reactive ketones (excluding diaryl/α,β-unsaturated/α-hetero) is 1. The average molecular weight is 476 g/mol. The van der Waals surface area contributed by atoms with Gasteiger partial charge < -0.3 is 33.6 Å². The van der Waals surface area contributed by atoms with Crippen molar-refractivity contribution in [3.8, 4) is 17.2 Å². The number of epoxide rings is 1. The van der Waals surface area contributed by atoms with Gasteiger partial charge in [-0.1, -0.05) is 0 Å². The Labute approximate surface area is 195 Å². The van der Waals surface area contributed by atoms with Gasteiger partial charge in [0.1, 0.15) is 23.0 Å². The third kappa shape index (κ3) is 2.42. The number of ether oxygens (including phenoxy) is 4. The zero-order valence-electron chi connectivity index (χ0n) is 18.3. The Kier molecular flexibility index (Phi) is 3.64. The van der Waals surface area contributed by atoms with Crippen molar-refractivity contribution in [1.29, 1.82) is 0 Å². The normalized spacial score (nSPS) is 27.4. The van der Waals surface area contributed by atoms with Crippen molar-refractivity contribution in [3.63, 3.8) is 0 Å². The van der Waals surface area contributed by atoms with E-state index < -0.39 is 47.0 Å². The van der Waals surface area contributed by atoms with Gasteiger partial charge in [-0.05, 0) is 36.6 Å². The molecule has 10 nitrogen and oxygen atoms in total. The number of aromatic hydroxyl groups is 1. The molecule has 2 aromatic carbocycles. The van der Waals surface area contributed by atoms with Crippen LogP contribution in [0, 0.1) is 6.92 Å². The summed E-state index contributed by atoms with van der Waals surface area (Å²) in [6.45, 7) is 1.62. The first kappa shape index (κ1) is 20.2. The number of aryl methyl sites for hydroxylation is 1. The SMILES string of the molecule is COC1=CC(=O)c2cc3c(cc2C1=O)OC1(Oc2c(cc4cc(C)oc(=O)c4c2O)C2OC21)C3O. The predicted molar refractivity (Wildman–Crippen MR) is 116 cm³/mol. The highest BCUT2D eigenvalue weighted by atomic mass is 16.8. The van der Waals surface area contributed by atoms with Crippen molar-refractivity contribution in [3.05, 3.63) is 74.5 Å². The number of rotatable bonds is 1. The van der Waals surface area contributed by atoms with Crippen LogP contribution in [0.1, 0.15) is 49.8 Å². The quantitative estimate of drug-likeness (QED) is 0.502. The maximum Gasteiger partial charge on any atom is 0.347 e. The Hall–Kier alpha value is -4.15. The molecule has 35 heavy (non-hydrogen) atoms. The molecule has 2 N–H and O–H groups in total. The number of hydrogen-bond acceptors (Lipinski definition) is 10. The third-order valence-corrected chi connectivity index (χ3v) is 6.90. The Balaban J connectivity index is 1.36. The van der Waals surface area contributed by atoms with Gasteiger partial charge in [0.25, 0.3) is 0 Å². The number of carbonyl (C=O) groups is 2. The first-order chi connectivity index (χ1) is 16.7. The highest BCUT2D eigenvalue weighted by Crippen LogP contribution is 2.63. The lowest BCUT2D eigenvalue weighted by Gasteiger charge is -2.34. The molecule has 3 aromatic rings. The van der Waals surface area contributed by atoms with Crippen molar-refractivity contribution in [1.82, 2.24) is 0 Å². The minimum atomic E-state index is -1.80. The van der Waals surface area contributed by atoms with Gasteiger partial charge in [-0.2, -0.15) is 0 Å². The summed E-state index contributed by atoms with van der Waals surface area (Å²) in [5, 5.41) is 22.7. The van der Waals surface area contributed by atoms with Crippen molar-refractivity contribution in [2.75, 3.05) is 7.11 Å². The second-order valence-electron chi connectivity index (χ2n) is 8.90. The maximum absolute atomic E-state index is 12.7. The van der Waals surface area contributed by atoms with Gasteiger partial charge in [-0.25, -0.2) is 4.79 Å². The van der Waals surface area contributed by atoms with Gasteiger partial charge in [0.05, 0.1) is 7.11 Å². The van der Waals surface area contributed by atoms with Crippen LogP contribution in [0.4, 0.5) is 0 Å². The maximum atomic E-state index is 12.7. The molecule has 1 spiro atoms. The van der Waals surface area contributed by atoms with E-state index in [2.05, 4.69) is 0 Å². The van der Waals surface area contributed by atoms with Gasteiger partial charge in [0.15, 0.2) is 35.2 Å². The Morgan fingerprint density at radius 1 is 1.03 bits per heavy atom. The highest BCUT2D eigenvalue weighted by Gasteiger charge is 2.70. The summed E-state index contributed by atoms with van der Waals surface area (Å²) in [5.41, 5.74) is 0.163. The number of fused-ring (bicyclic) bond motifs is 7. The number of allylic oxidation sites excluding steroid dienone is 2. The molecular formula is C25H16O10. The molecule has 4 unspecified atom stereocenters. The lowest BCUT2D eigenvalue weighted by molar-refractivity contribution is -0.185. The molecule has 4 heterocycles. The first-order valence-electron chi connectivity index (χ1n) is 10.8. The molecule has 176 valence electrons. The molecular weight excluding hydrogens is 460 g/mol. The fourth-order valence-electron chi connectivity index (χ4n) is 5.23. The van der Waals surface area contributed by atoms with Gasteiger partial charge >= 0.3 is 11.4 Å². The average Bonchev–Trinajstić information content (AvgIpc) is 3.58. The van der Waals surface area contributed by atoms with Crippen LogP contribution in [0.2, 0.25) is 0 Å². The minimum Gasteiger partial charge on any atom is -0.504 e. The lowest BCUT2D eigenvalue weighted by Crippen LogP contribution is -2.51. The van der Waals surface area contributed by atoms with Crippen molar-refractivity contribution >= 4 is 22.3 Å². The summed E-state index contributed by atoms with van der Waals surface area (Å²) < 4.78 is 28.1. The number of benzene rings is 2. The zero-order chi connectivity index (χ0) is 24.4. The Bertz CT molecular complexity index is 1630. The molecule has 0 bridgehead atoms. The van der Waals surface area contributed by atoms with E-state index >= 15 is 0 Å². The van der Waals surface area contributed by atoms with E-state index in [0.29, 0.717) is 16.7 Å². The van der Waals surface area contributed by atoms with E-state index in [1.807, 2.05) is 0 Å². The van der Waals surface area contributed by atoms with E-state index in [9.17, 15) is 24.6 Å². The molecule has 10 heteroatoms. The van der Waals surface area contributed by atoms with Crippen LogP contribution >= 0.6 is 0 Å². The second kappa shape index (κ2) is 6.29. The van der Waals surface area contributed by atoms with Crippen molar-refractivity contribution < 1.29 is 43.2 Å². The van der Waals surface area contributed by atoms with Gasteiger partial charge in [0.2, 0.25) is 5.78 Å². The molecule has 0 saturated carbocycles. The van der Waals surface area contributed by atoms with E-state index in [4.69, 9.17) is 23.4 Å². The summed E-state index contributed by atoms with van der Waals surface area (Å²) in [7, 11) is 1.29. The van der Waals surface area contributed by atoms with Crippen LogP contribution in [-0.4, -0.2) is 40.8 Å². The fourth-order valence-corrected chi connectivity index (χ4v) is 5.23. The largest absolute Gasteiger partial charge is 0.504 e. The van der Waals surface area contributed by atoms with Gasteiger partial charge in [-0.15, -0.1) is 0 Å². The summed E-state index contributed by atoms with van der Waals surface area (Å²) >= 11 is 0. The minimum absolute atomic E-state index is 0.0699. The molecule has 3 aliphatic heterocycles. The molecule has 0 amide bonds. The number of methoxy groups -OCH3 is 1. The van der Waals surface area contributed by atoms with Crippen LogP contribution in [0.5, 0.6) is 17.2 Å². The molecule has 4 aliphatic rings. The number of carbonyl (C=O) groups excluding carboxylic acids is 2. The van der Waals surface area contributed by atoms with Gasteiger partial charge in [-0.3, -0.25) is 9.59 Å². The van der Waals surface area contributed by atoms with Crippen molar-refractivity contribution in [2.24, 2.45) is 0 Å². The number of phenols is 1. The monoisotopic (exact) mass is 476 g/mol. The van der Waals surface area contributed by atoms with Crippen LogP contribution < -0.4 is 15.1 Å².